The van der Waals surface area contributed by atoms with E-state index in [0.29, 0.717) is 15.6 Å². The van der Waals surface area contributed by atoms with Crippen molar-refractivity contribution in [2.75, 3.05) is 6.61 Å². The summed E-state index contributed by atoms with van der Waals surface area (Å²) in [6, 6.07) is 9.61. The van der Waals surface area contributed by atoms with Gasteiger partial charge in [0, 0.05) is 0 Å². The molecule has 0 bridgehead atoms. The summed E-state index contributed by atoms with van der Waals surface area (Å²) in [7, 11) is -4.46. The fraction of sp³-hybridized carbons (Fsp3) is 0.333. The van der Waals surface area contributed by atoms with Crippen LogP contribution in [0, 0.1) is 20.8 Å². The molecule has 0 spiro atoms. The van der Waals surface area contributed by atoms with Crippen LogP contribution in [0.2, 0.25) is 0 Å². The van der Waals surface area contributed by atoms with Gasteiger partial charge in [0.15, 0.2) is 0 Å². The molecule has 0 aliphatic heterocycles. The second-order valence-corrected chi connectivity index (χ2v) is 10.7. The number of aryl methyl sites for hydroxylation is 3. The Kier molecular flexibility index (Phi) is 7.10. The minimum atomic E-state index is -4.89. The average Bonchev–Trinajstić information content (AvgIpc) is 2.51. The van der Waals surface area contributed by atoms with E-state index in [-0.39, 0.29) is 10.6 Å². The van der Waals surface area contributed by atoms with Crippen LogP contribution in [0.15, 0.2) is 45.8 Å². The molecule has 0 amide bonds. The lowest BCUT2D eigenvalue weighted by atomic mass is 10.1. The van der Waals surface area contributed by atoms with Gasteiger partial charge in [-0.3, -0.25) is 0 Å². The van der Waals surface area contributed by atoms with Gasteiger partial charge in [0.1, 0.15) is 12.4 Å². The van der Waals surface area contributed by atoms with Crippen molar-refractivity contribution in [2.24, 2.45) is 0 Å². The zero-order chi connectivity index (χ0) is 21.3. The number of benzene rings is 2. The van der Waals surface area contributed by atoms with Gasteiger partial charge in [-0.05, 0) is 82.6 Å². The summed E-state index contributed by atoms with van der Waals surface area (Å²) in [4.78, 5) is -0.163. The van der Waals surface area contributed by atoms with E-state index in [1.165, 1.54) is 6.07 Å². The number of rotatable bonds is 6. The van der Waals surface area contributed by atoms with Gasteiger partial charge in [-0.1, -0.05) is 29.8 Å². The van der Waals surface area contributed by atoms with Crippen molar-refractivity contribution in [1.29, 1.82) is 0 Å². The highest BCUT2D eigenvalue weighted by atomic mass is 127. The van der Waals surface area contributed by atoms with E-state index in [4.69, 9.17) is 4.74 Å². The first-order valence-corrected chi connectivity index (χ1v) is 11.4. The average molecular weight is 592 g/mol. The summed E-state index contributed by atoms with van der Waals surface area (Å²) in [6.07, 6.45) is -4.89. The lowest BCUT2D eigenvalue weighted by Gasteiger charge is -2.31. The topological polar surface area (TPSA) is 55.4 Å². The van der Waals surface area contributed by atoms with Crippen molar-refractivity contribution in [3.05, 3.63) is 57.6 Å². The number of halogens is 5. The first kappa shape index (κ1) is 23.4. The highest BCUT2D eigenvalue weighted by Gasteiger charge is 2.56. The van der Waals surface area contributed by atoms with Crippen molar-refractivity contribution in [2.45, 2.75) is 35.4 Å². The molecule has 1 unspecified atom stereocenters. The molecule has 0 aliphatic carbocycles. The minimum Gasteiger partial charge on any atom is -0.489 e. The van der Waals surface area contributed by atoms with E-state index in [0.717, 1.165) is 28.2 Å². The Bertz CT molecular complexity index is 959. The molecule has 0 fully saturated rings. The molecule has 0 saturated heterocycles. The lowest BCUT2D eigenvalue weighted by molar-refractivity contribution is -0.163. The van der Waals surface area contributed by atoms with Crippen molar-refractivity contribution in [3.63, 3.8) is 0 Å². The molecule has 2 aromatic rings. The van der Waals surface area contributed by atoms with Crippen LogP contribution in [0.4, 0.5) is 13.2 Å². The van der Waals surface area contributed by atoms with Crippen molar-refractivity contribution >= 4 is 48.5 Å². The predicted octanol–water partition coefficient (Wildman–Crippen LogP) is 5.43. The molecule has 2 aromatic carbocycles. The molecule has 0 aliphatic rings. The number of para-hydroxylation sites is 1. The molecule has 10 heteroatoms. The van der Waals surface area contributed by atoms with Crippen LogP contribution < -0.4 is 9.46 Å². The van der Waals surface area contributed by atoms with E-state index in [1.807, 2.05) is 4.72 Å². The van der Waals surface area contributed by atoms with Crippen LogP contribution in [0.25, 0.3) is 0 Å². The monoisotopic (exact) mass is 591 g/mol. The van der Waals surface area contributed by atoms with Crippen molar-refractivity contribution < 1.29 is 26.3 Å². The number of nitrogens with one attached hydrogen (secondary N) is 1. The molecule has 0 radical (unpaired) electrons. The smallest absolute Gasteiger partial charge is 0.420 e. The number of hydrogen-bond donors (Lipinski definition) is 1. The SMILES string of the molecule is Cc1cc(C)c(S(=O)(=O)NC(I)(COc2ccccc2Br)C(F)(F)F)c(C)c1. The Hall–Kier alpha value is -0.850. The molecule has 154 valence electrons. The van der Waals surface area contributed by atoms with Gasteiger partial charge in [0.05, 0.1) is 9.37 Å². The second kappa shape index (κ2) is 8.49. The van der Waals surface area contributed by atoms with E-state index in [9.17, 15) is 21.6 Å². The van der Waals surface area contributed by atoms with Gasteiger partial charge in [-0.25, -0.2) is 8.42 Å². The van der Waals surface area contributed by atoms with Crippen LogP contribution in [0.3, 0.4) is 0 Å². The largest absolute Gasteiger partial charge is 0.489 e. The molecule has 2 rings (SSSR count). The predicted molar refractivity (Wildman–Crippen MR) is 113 cm³/mol. The third-order valence-electron chi connectivity index (χ3n) is 3.88. The van der Waals surface area contributed by atoms with E-state index in [2.05, 4.69) is 15.9 Å². The van der Waals surface area contributed by atoms with Gasteiger partial charge in [0.25, 0.3) is 0 Å². The summed E-state index contributed by atoms with van der Waals surface area (Å²) < 4.78 is 71.8. The highest BCUT2D eigenvalue weighted by Crippen LogP contribution is 2.39. The maximum absolute atomic E-state index is 13.8. The van der Waals surface area contributed by atoms with Crippen LogP contribution in [0.5, 0.6) is 5.75 Å². The van der Waals surface area contributed by atoms with Gasteiger partial charge in [0.2, 0.25) is 13.6 Å². The van der Waals surface area contributed by atoms with Crippen LogP contribution in [-0.2, 0) is 10.0 Å². The minimum absolute atomic E-state index is 0.163. The third-order valence-corrected chi connectivity index (χ3v) is 7.89. The Morgan fingerprint density at radius 1 is 1.11 bits per heavy atom. The zero-order valence-electron chi connectivity index (χ0n) is 15.2. The first-order valence-electron chi connectivity index (χ1n) is 8.01. The Balaban J connectivity index is 2.40. The molecule has 0 heterocycles. The lowest BCUT2D eigenvalue weighted by Crippen LogP contribution is -2.57. The highest BCUT2D eigenvalue weighted by molar-refractivity contribution is 14.1. The normalized spacial score (nSPS) is 14.6. The molecule has 0 aromatic heterocycles. The molecule has 28 heavy (non-hydrogen) atoms. The number of ether oxygens (including phenoxy) is 1. The number of hydrogen-bond acceptors (Lipinski definition) is 3. The van der Waals surface area contributed by atoms with Crippen LogP contribution >= 0.6 is 38.5 Å². The quantitative estimate of drug-likeness (QED) is 0.277. The van der Waals surface area contributed by atoms with Gasteiger partial charge in [-0.2, -0.15) is 17.9 Å². The van der Waals surface area contributed by atoms with Crippen LogP contribution in [0.1, 0.15) is 16.7 Å². The van der Waals surface area contributed by atoms with Gasteiger partial charge >= 0.3 is 6.18 Å². The maximum atomic E-state index is 13.8. The summed E-state index contributed by atoms with van der Waals surface area (Å²) in [5.74, 6) is 0.176. The maximum Gasteiger partial charge on any atom is 0.420 e. The molecule has 1 atom stereocenters. The summed E-state index contributed by atoms with van der Waals surface area (Å²) >= 11 is 4.24. The molecular formula is C18H18BrF3INO3S. The summed E-state index contributed by atoms with van der Waals surface area (Å²) in [5.41, 5.74) is 1.57. The second-order valence-electron chi connectivity index (χ2n) is 6.35. The van der Waals surface area contributed by atoms with E-state index in [1.54, 1.807) is 51.1 Å². The third kappa shape index (κ3) is 5.19. The zero-order valence-corrected chi connectivity index (χ0v) is 19.8. The van der Waals surface area contributed by atoms with Crippen LogP contribution in [-0.4, -0.2) is 24.7 Å². The molecule has 1 N–H and O–H groups in total. The Labute approximate surface area is 184 Å². The van der Waals surface area contributed by atoms with Gasteiger partial charge < -0.3 is 4.74 Å². The number of sulfonamides is 1. The van der Waals surface area contributed by atoms with Gasteiger partial charge in [-0.15, -0.1) is 0 Å². The van der Waals surface area contributed by atoms with E-state index >= 15 is 0 Å². The molecule has 4 nitrogen and oxygen atoms in total. The Morgan fingerprint density at radius 3 is 2.14 bits per heavy atom. The van der Waals surface area contributed by atoms with E-state index < -0.39 is 26.4 Å². The number of alkyl halides is 4. The van der Waals surface area contributed by atoms with Crippen molar-refractivity contribution in [3.8, 4) is 5.75 Å². The fourth-order valence-corrected chi connectivity index (χ4v) is 5.86. The standard InChI is InChI=1S/C18H18BrF3INO3S/c1-11-8-12(2)16(13(3)9-11)28(25,26)24-17(23,18(20,21)22)10-27-15-7-5-4-6-14(15)19/h4-9,24H,10H2,1-3H3. The van der Waals surface area contributed by atoms with Crippen molar-refractivity contribution in [1.82, 2.24) is 4.72 Å². The summed E-state index contributed by atoms with van der Waals surface area (Å²) in [6.45, 7) is 3.94. The Morgan fingerprint density at radius 2 is 1.64 bits per heavy atom. The first-order chi connectivity index (χ1) is 12.8. The molecular weight excluding hydrogens is 574 g/mol. The molecule has 0 saturated carbocycles. The fourth-order valence-electron chi connectivity index (χ4n) is 2.76. The summed E-state index contributed by atoms with van der Waals surface area (Å²) in [5, 5.41) is 0.